The van der Waals surface area contributed by atoms with Crippen LogP contribution in [0.4, 0.5) is 5.82 Å². The van der Waals surface area contributed by atoms with Gasteiger partial charge in [0.2, 0.25) is 5.78 Å². The molecule has 0 saturated carbocycles. The number of aliphatic imine (C=N–C) groups is 1. The summed E-state index contributed by atoms with van der Waals surface area (Å²) >= 11 is 0. The summed E-state index contributed by atoms with van der Waals surface area (Å²) < 4.78 is 0. The van der Waals surface area contributed by atoms with Crippen LogP contribution in [-0.2, 0) is 0 Å². The first-order chi connectivity index (χ1) is 10.2. The Labute approximate surface area is 120 Å². The van der Waals surface area contributed by atoms with E-state index in [0.717, 1.165) is 16.5 Å². The maximum Gasteiger partial charge on any atom is 0.216 e. The molecule has 102 valence electrons. The monoisotopic (exact) mass is 277 g/mol. The quantitative estimate of drug-likeness (QED) is 0.717. The minimum Gasteiger partial charge on any atom is -0.494 e. The molecule has 2 aromatic heterocycles. The van der Waals surface area contributed by atoms with Gasteiger partial charge in [-0.25, -0.2) is 9.98 Å². The largest absolute Gasteiger partial charge is 0.494 e. The Morgan fingerprint density at radius 1 is 1.19 bits per heavy atom. The van der Waals surface area contributed by atoms with Crippen molar-refractivity contribution in [2.75, 3.05) is 0 Å². The Kier molecular flexibility index (Phi) is 2.27. The Balaban J connectivity index is 2.00. The lowest BCUT2D eigenvalue weighted by Gasteiger charge is -1.99. The topological polar surface area (TPSA) is 78.3 Å². The molecule has 3 heterocycles. The van der Waals surface area contributed by atoms with Crippen molar-refractivity contribution in [1.82, 2.24) is 9.97 Å². The van der Waals surface area contributed by atoms with Gasteiger partial charge >= 0.3 is 0 Å². The molecular weight excluding hydrogens is 266 g/mol. The van der Waals surface area contributed by atoms with E-state index in [4.69, 9.17) is 0 Å². The van der Waals surface area contributed by atoms with Gasteiger partial charge in [0.1, 0.15) is 5.71 Å². The van der Waals surface area contributed by atoms with Crippen molar-refractivity contribution in [2.24, 2.45) is 4.99 Å². The van der Waals surface area contributed by atoms with Crippen LogP contribution in [-0.4, -0.2) is 26.6 Å². The summed E-state index contributed by atoms with van der Waals surface area (Å²) in [7, 11) is 0. The van der Waals surface area contributed by atoms with Crippen LogP contribution in [0.3, 0.4) is 0 Å². The molecule has 0 amide bonds. The third-order valence-corrected chi connectivity index (χ3v) is 3.72. The van der Waals surface area contributed by atoms with Gasteiger partial charge in [0.15, 0.2) is 11.7 Å². The molecular formula is C16H11N3O2. The van der Waals surface area contributed by atoms with E-state index >= 15 is 0 Å². The normalized spacial score (nSPS) is 13.6. The Morgan fingerprint density at radius 2 is 2.05 bits per heavy atom. The summed E-state index contributed by atoms with van der Waals surface area (Å²) in [6.45, 7) is 1.94. The third kappa shape index (κ3) is 1.54. The zero-order valence-corrected chi connectivity index (χ0v) is 11.2. The molecule has 5 heteroatoms. The van der Waals surface area contributed by atoms with E-state index < -0.39 is 0 Å². The molecule has 0 spiro atoms. The Bertz CT molecular complexity index is 938. The summed E-state index contributed by atoms with van der Waals surface area (Å²) in [5.41, 5.74) is 2.95. The van der Waals surface area contributed by atoms with Crippen LogP contribution < -0.4 is 0 Å². The average Bonchev–Trinajstić information content (AvgIpc) is 2.98. The Morgan fingerprint density at radius 3 is 2.86 bits per heavy atom. The van der Waals surface area contributed by atoms with Gasteiger partial charge in [-0.15, -0.1) is 0 Å². The molecule has 1 aliphatic rings. The summed E-state index contributed by atoms with van der Waals surface area (Å²) in [5, 5.41) is 11.0. The second-order valence-electron chi connectivity index (χ2n) is 5.01. The van der Waals surface area contributed by atoms with Crippen LogP contribution >= 0.6 is 0 Å². The number of nitrogens with one attached hydrogen (secondary N) is 1. The molecule has 0 bridgehead atoms. The van der Waals surface area contributed by atoms with Crippen molar-refractivity contribution < 1.29 is 9.90 Å². The SMILES string of the molecule is Cc1cccc2c(C3=Nc4ncccc4C3=O)c(O)[nH]c12. The smallest absolute Gasteiger partial charge is 0.216 e. The predicted octanol–water partition coefficient (Wildman–Crippen LogP) is 2.89. The van der Waals surface area contributed by atoms with Crippen LogP contribution in [0.25, 0.3) is 10.9 Å². The van der Waals surface area contributed by atoms with E-state index in [1.165, 1.54) is 0 Å². The minimum absolute atomic E-state index is 0.0424. The van der Waals surface area contributed by atoms with E-state index in [0.29, 0.717) is 16.9 Å². The molecule has 4 rings (SSSR count). The number of benzene rings is 1. The van der Waals surface area contributed by atoms with Crippen molar-refractivity contribution in [1.29, 1.82) is 0 Å². The summed E-state index contributed by atoms with van der Waals surface area (Å²) in [6.07, 6.45) is 1.60. The first-order valence-electron chi connectivity index (χ1n) is 6.56. The first kappa shape index (κ1) is 11.8. The summed E-state index contributed by atoms with van der Waals surface area (Å²) in [4.78, 5) is 23.8. The molecule has 0 fully saturated rings. The number of ketones is 1. The molecule has 3 aromatic rings. The molecule has 5 nitrogen and oxygen atoms in total. The number of aromatic nitrogens is 2. The molecule has 21 heavy (non-hydrogen) atoms. The lowest BCUT2D eigenvalue weighted by Crippen LogP contribution is -2.10. The highest BCUT2D eigenvalue weighted by Crippen LogP contribution is 2.34. The maximum atomic E-state index is 12.5. The fourth-order valence-electron chi connectivity index (χ4n) is 2.71. The van der Waals surface area contributed by atoms with Gasteiger partial charge in [0.25, 0.3) is 0 Å². The average molecular weight is 277 g/mol. The second kappa shape index (κ2) is 4.02. The molecule has 1 aromatic carbocycles. The molecule has 0 saturated heterocycles. The Hall–Kier alpha value is -2.95. The van der Waals surface area contributed by atoms with Gasteiger partial charge in [-0.3, -0.25) is 4.79 Å². The number of hydrogen-bond donors (Lipinski definition) is 2. The van der Waals surface area contributed by atoms with Gasteiger partial charge < -0.3 is 10.1 Å². The van der Waals surface area contributed by atoms with Gasteiger partial charge in [0, 0.05) is 11.6 Å². The molecule has 2 N–H and O–H groups in total. The predicted molar refractivity (Wildman–Crippen MR) is 79.5 cm³/mol. The third-order valence-electron chi connectivity index (χ3n) is 3.72. The number of H-pyrrole nitrogens is 1. The fraction of sp³-hybridized carbons (Fsp3) is 0.0625. The number of para-hydroxylation sites is 1. The highest BCUT2D eigenvalue weighted by atomic mass is 16.3. The number of carbonyl (C=O) groups excluding carboxylic acids is 1. The number of carbonyl (C=O) groups is 1. The van der Waals surface area contributed by atoms with Crippen LogP contribution in [0.5, 0.6) is 5.88 Å². The lowest BCUT2D eigenvalue weighted by molar-refractivity contribution is 0.107. The van der Waals surface area contributed by atoms with Crippen molar-refractivity contribution >= 4 is 28.2 Å². The fourth-order valence-corrected chi connectivity index (χ4v) is 2.71. The number of Topliss-reactive ketones (excluding diaryl/α,β-unsaturated/α-hetero) is 1. The van der Waals surface area contributed by atoms with E-state index in [1.807, 2.05) is 25.1 Å². The summed E-state index contributed by atoms with van der Waals surface area (Å²) in [5.74, 6) is 0.147. The number of nitrogens with zero attached hydrogens (tertiary/aromatic N) is 2. The second-order valence-corrected chi connectivity index (χ2v) is 5.01. The zero-order valence-electron chi connectivity index (χ0n) is 11.2. The van der Waals surface area contributed by atoms with Crippen molar-refractivity contribution in [3.05, 3.63) is 53.2 Å². The number of fused-ring (bicyclic) bond motifs is 2. The summed E-state index contributed by atoms with van der Waals surface area (Å²) in [6, 6.07) is 9.09. The van der Waals surface area contributed by atoms with E-state index in [-0.39, 0.29) is 17.4 Å². The highest BCUT2D eigenvalue weighted by molar-refractivity contribution is 6.56. The zero-order chi connectivity index (χ0) is 14.6. The molecule has 0 aliphatic carbocycles. The maximum absolute atomic E-state index is 12.5. The number of aryl methyl sites for hydroxylation is 1. The van der Waals surface area contributed by atoms with Crippen LogP contribution in [0.1, 0.15) is 21.5 Å². The molecule has 1 aliphatic heterocycles. The van der Waals surface area contributed by atoms with E-state index in [2.05, 4.69) is 15.0 Å². The number of aromatic hydroxyl groups is 1. The lowest BCUT2D eigenvalue weighted by atomic mass is 10.0. The van der Waals surface area contributed by atoms with Crippen molar-refractivity contribution in [3.63, 3.8) is 0 Å². The number of rotatable bonds is 1. The highest BCUT2D eigenvalue weighted by Gasteiger charge is 2.30. The van der Waals surface area contributed by atoms with Crippen molar-refractivity contribution in [2.45, 2.75) is 6.92 Å². The standard InChI is InChI=1S/C16H11N3O2/c1-8-4-2-5-9-11(16(21)19-12(8)9)13-14(20)10-6-3-7-17-15(10)18-13/h2-7,19,21H,1H3. The minimum atomic E-state index is -0.212. The number of pyridine rings is 1. The van der Waals surface area contributed by atoms with Crippen molar-refractivity contribution in [3.8, 4) is 5.88 Å². The van der Waals surface area contributed by atoms with Gasteiger partial charge in [-0.1, -0.05) is 18.2 Å². The first-order valence-corrected chi connectivity index (χ1v) is 6.56. The molecule has 0 unspecified atom stereocenters. The number of hydrogen-bond acceptors (Lipinski definition) is 4. The van der Waals surface area contributed by atoms with E-state index in [9.17, 15) is 9.90 Å². The number of aromatic amines is 1. The molecule has 0 atom stereocenters. The van der Waals surface area contributed by atoms with Crippen LogP contribution in [0, 0.1) is 6.92 Å². The van der Waals surface area contributed by atoms with Gasteiger partial charge in [-0.05, 0) is 24.6 Å². The van der Waals surface area contributed by atoms with Gasteiger partial charge in [0.05, 0.1) is 16.6 Å². The van der Waals surface area contributed by atoms with Crippen LogP contribution in [0.15, 0.2) is 41.5 Å². The van der Waals surface area contributed by atoms with Gasteiger partial charge in [-0.2, -0.15) is 0 Å². The van der Waals surface area contributed by atoms with Crippen LogP contribution in [0.2, 0.25) is 0 Å². The van der Waals surface area contributed by atoms with E-state index in [1.54, 1.807) is 18.3 Å². The molecule has 0 radical (unpaired) electrons.